The van der Waals surface area contributed by atoms with E-state index in [-0.39, 0.29) is 11.9 Å². The molecular weight excluding hydrogens is 300 g/mol. The molecule has 2 aromatic rings. The predicted octanol–water partition coefficient (Wildman–Crippen LogP) is 5.29. The molecule has 0 radical (unpaired) electrons. The number of allylic oxidation sites excluding steroid dienone is 1. The van der Waals surface area contributed by atoms with Crippen molar-refractivity contribution in [2.45, 2.75) is 26.4 Å². The second kappa shape index (κ2) is 8.56. The van der Waals surface area contributed by atoms with Gasteiger partial charge in [-0.25, -0.2) is 0 Å². The number of nitrogens with zero attached hydrogens (tertiary/aromatic N) is 4. The Kier molecular flexibility index (Phi) is 6.17. The maximum Gasteiger partial charge on any atom is 0.247 e. The molecular formula is C19H20N4O. The van der Waals surface area contributed by atoms with Crippen molar-refractivity contribution < 1.29 is 4.79 Å². The van der Waals surface area contributed by atoms with E-state index in [9.17, 15) is 4.79 Å². The Morgan fingerprint density at radius 1 is 1.21 bits per heavy atom. The summed E-state index contributed by atoms with van der Waals surface area (Å²) in [6.07, 6.45) is 3.28. The molecule has 1 amide bonds. The fourth-order valence-electron chi connectivity index (χ4n) is 2.53. The molecule has 0 N–H and O–H groups in total. The van der Waals surface area contributed by atoms with Crippen molar-refractivity contribution in [1.29, 1.82) is 0 Å². The molecule has 0 saturated carbocycles. The summed E-state index contributed by atoms with van der Waals surface area (Å²) >= 11 is 0. The Labute approximate surface area is 141 Å². The molecule has 122 valence electrons. The van der Waals surface area contributed by atoms with Gasteiger partial charge in [-0.1, -0.05) is 65.8 Å². The Hall–Kier alpha value is -3.04. The van der Waals surface area contributed by atoms with Gasteiger partial charge < -0.3 is 4.90 Å². The van der Waals surface area contributed by atoms with E-state index in [0.717, 1.165) is 11.1 Å². The molecule has 0 spiro atoms. The monoisotopic (exact) mass is 320 g/mol. The normalized spacial score (nSPS) is 11.8. The van der Waals surface area contributed by atoms with Gasteiger partial charge in [0.2, 0.25) is 5.91 Å². The molecule has 0 bridgehead atoms. The van der Waals surface area contributed by atoms with E-state index < -0.39 is 0 Å². The van der Waals surface area contributed by atoms with Crippen LogP contribution < -0.4 is 0 Å². The average molecular weight is 320 g/mol. The lowest BCUT2D eigenvalue weighted by Crippen LogP contribution is -2.31. The second-order valence-electron chi connectivity index (χ2n) is 5.37. The van der Waals surface area contributed by atoms with E-state index in [1.165, 1.54) is 0 Å². The zero-order chi connectivity index (χ0) is 17.4. The van der Waals surface area contributed by atoms with Crippen molar-refractivity contribution in [3.63, 3.8) is 0 Å². The number of hydrogen-bond donors (Lipinski definition) is 0. The fourth-order valence-corrected chi connectivity index (χ4v) is 2.53. The SMILES string of the molecule is C/C=C/C(=O)N(Cc1ccccc1N=[N+]=[N-])[C@@H](C)c1ccccc1. The number of rotatable bonds is 6. The van der Waals surface area contributed by atoms with Crippen molar-refractivity contribution in [3.05, 3.63) is 88.3 Å². The molecule has 2 aromatic carbocycles. The zero-order valence-electron chi connectivity index (χ0n) is 13.8. The Morgan fingerprint density at radius 2 is 1.88 bits per heavy atom. The minimum absolute atomic E-state index is 0.0791. The number of carbonyl (C=O) groups is 1. The number of benzene rings is 2. The maximum absolute atomic E-state index is 12.6. The predicted molar refractivity (Wildman–Crippen MR) is 95.5 cm³/mol. The van der Waals surface area contributed by atoms with Gasteiger partial charge in [-0.15, -0.1) is 0 Å². The van der Waals surface area contributed by atoms with Crippen molar-refractivity contribution in [3.8, 4) is 0 Å². The van der Waals surface area contributed by atoms with E-state index in [0.29, 0.717) is 12.2 Å². The number of azide groups is 1. The van der Waals surface area contributed by atoms with Gasteiger partial charge in [-0.05, 0) is 36.6 Å². The summed E-state index contributed by atoms with van der Waals surface area (Å²) in [5.74, 6) is -0.0791. The molecule has 24 heavy (non-hydrogen) atoms. The summed E-state index contributed by atoms with van der Waals surface area (Å²) < 4.78 is 0. The van der Waals surface area contributed by atoms with Gasteiger partial charge in [0.25, 0.3) is 0 Å². The first-order valence-corrected chi connectivity index (χ1v) is 7.78. The molecule has 5 nitrogen and oxygen atoms in total. The molecule has 0 saturated heterocycles. The van der Waals surface area contributed by atoms with Crippen LogP contribution in [0.2, 0.25) is 0 Å². The highest BCUT2D eigenvalue weighted by atomic mass is 16.2. The van der Waals surface area contributed by atoms with Gasteiger partial charge in [-0.3, -0.25) is 4.79 Å². The van der Waals surface area contributed by atoms with E-state index in [1.807, 2.05) is 62.4 Å². The molecule has 0 unspecified atom stereocenters. The Morgan fingerprint density at radius 3 is 2.54 bits per heavy atom. The van der Waals surface area contributed by atoms with Crippen molar-refractivity contribution in [1.82, 2.24) is 4.90 Å². The van der Waals surface area contributed by atoms with Crippen molar-refractivity contribution in [2.24, 2.45) is 5.11 Å². The minimum atomic E-state index is -0.103. The van der Waals surface area contributed by atoms with E-state index in [2.05, 4.69) is 10.0 Å². The maximum atomic E-state index is 12.6. The van der Waals surface area contributed by atoms with Crippen LogP contribution in [0.1, 0.15) is 31.0 Å². The van der Waals surface area contributed by atoms with Gasteiger partial charge in [0.15, 0.2) is 0 Å². The largest absolute Gasteiger partial charge is 0.328 e. The van der Waals surface area contributed by atoms with Crippen LogP contribution in [0.4, 0.5) is 5.69 Å². The first-order valence-electron chi connectivity index (χ1n) is 7.78. The number of carbonyl (C=O) groups excluding carboxylic acids is 1. The minimum Gasteiger partial charge on any atom is -0.328 e. The molecule has 0 aromatic heterocycles. The topological polar surface area (TPSA) is 69.1 Å². The third kappa shape index (κ3) is 4.24. The summed E-state index contributed by atoms with van der Waals surface area (Å²) in [7, 11) is 0. The first kappa shape index (κ1) is 17.3. The zero-order valence-corrected chi connectivity index (χ0v) is 13.8. The lowest BCUT2D eigenvalue weighted by Gasteiger charge is -2.29. The summed E-state index contributed by atoms with van der Waals surface area (Å²) in [5.41, 5.74) is 11.1. The molecule has 1 atom stereocenters. The van der Waals surface area contributed by atoms with Crippen LogP contribution in [-0.4, -0.2) is 10.8 Å². The molecule has 2 rings (SSSR count). The third-order valence-corrected chi connectivity index (χ3v) is 3.83. The van der Waals surface area contributed by atoms with Crippen LogP contribution >= 0.6 is 0 Å². The molecule has 0 aliphatic rings. The quantitative estimate of drug-likeness (QED) is 0.308. The third-order valence-electron chi connectivity index (χ3n) is 3.83. The van der Waals surface area contributed by atoms with Crippen LogP contribution in [0.25, 0.3) is 10.4 Å². The van der Waals surface area contributed by atoms with Gasteiger partial charge >= 0.3 is 0 Å². The summed E-state index contributed by atoms with van der Waals surface area (Å²) in [4.78, 5) is 17.2. The summed E-state index contributed by atoms with van der Waals surface area (Å²) in [5, 5.41) is 3.72. The molecule has 0 aliphatic heterocycles. The first-order chi connectivity index (χ1) is 11.7. The molecule has 0 fully saturated rings. The number of hydrogen-bond acceptors (Lipinski definition) is 2. The Balaban J connectivity index is 2.37. The van der Waals surface area contributed by atoms with Crippen LogP contribution in [0.15, 0.2) is 71.9 Å². The lowest BCUT2D eigenvalue weighted by atomic mass is 10.1. The fraction of sp³-hybridized carbons (Fsp3) is 0.211. The van der Waals surface area contributed by atoms with Crippen LogP contribution in [0, 0.1) is 0 Å². The van der Waals surface area contributed by atoms with Crippen LogP contribution in [0.5, 0.6) is 0 Å². The summed E-state index contributed by atoms with van der Waals surface area (Å²) in [6, 6.07) is 17.1. The highest BCUT2D eigenvalue weighted by Crippen LogP contribution is 2.27. The van der Waals surface area contributed by atoms with Crippen LogP contribution in [-0.2, 0) is 11.3 Å². The van der Waals surface area contributed by atoms with E-state index in [4.69, 9.17) is 5.53 Å². The standard InChI is InChI=1S/C19H20N4O/c1-3-9-19(24)23(15(2)16-10-5-4-6-11-16)14-17-12-7-8-13-18(17)21-22-20/h3-13,15H,14H2,1-2H3/b9-3+/t15-/m0/s1. The van der Waals surface area contributed by atoms with E-state index >= 15 is 0 Å². The number of amides is 1. The smallest absolute Gasteiger partial charge is 0.247 e. The van der Waals surface area contributed by atoms with Gasteiger partial charge in [0, 0.05) is 17.1 Å². The highest BCUT2D eigenvalue weighted by molar-refractivity contribution is 5.88. The van der Waals surface area contributed by atoms with Gasteiger partial charge in [-0.2, -0.15) is 0 Å². The Bertz CT molecular complexity index is 764. The van der Waals surface area contributed by atoms with Gasteiger partial charge in [0.1, 0.15) is 0 Å². The van der Waals surface area contributed by atoms with Crippen molar-refractivity contribution in [2.75, 3.05) is 0 Å². The average Bonchev–Trinajstić information content (AvgIpc) is 2.61. The molecule has 5 heteroatoms. The lowest BCUT2D eigenvalue weighted by molar-refractivity contribution is -0.128. The van der Waals surface area contributed by atoms with Crippen molar-refractivity contribution >= 4 is 11.6 Å². The summed E-state index contributed by atoms with van der Waals surface area (Å²) in [6.45, 7) is 4.18. The van der Waals surface area contributed by atoms with Crippen LogP contribution in [0.3, 0.4) is 0 Å². The second-order valence-corrected chi connectivity index (χ2v) is 5.37. The highest BCUT2D eigenvalue weighted by Gasteiger charge is 2.20. The van der Waals surface area contributed by atoms with E-state index in [1.54, 1.807) is 23.1 Å². The van der Waals surface area contributed by atoms with Gasteiger partial charge in [0.05, 0.1) is 6.04 Å². The molecule has 0 heterocycles. The molecule has 0 aliphatic carbocycles.